The summed E-state index contributed by atoms with van der Waals surface area (Å²) in [6, 6.07) is 8.33. The Kier molecular flexibility index (Phi) is 4.32. The fraction of sp³-hybridized carbons (Fsp3) is 0.550. The summed E-state index contributed by atoms with van der Waals surface area (Å²) in [5.74, 6) is 2.41. The molecule has 3 aliphatic heterocycles. The Morgan fingerprint density at radius 1 is 1.19 bits per heavy atom. The van der Waals surface area contributed by atoms with Crippen molar-refractivity contribution in [3.8, 4) is 5.69 Å². The lowest BCUT2D eigenvalue weighted by molar-refractivity contribution is 0.0767. The monoisotopic (exact) mass is 366 g/mol. The van der Waals surface area contributed by atoms with Crippen LogP contribution >= 0.6 is 0 Å². The molecular formula is C20H26N6O. The summed E-state index contributed by atoms with van der Waals surface area (Å²) in [5.41, 5.74) is 2.20. The molecule has 1 aromatic carbocycles. The quantitative estimate of drug-likeness (QED) is 0.661. The Hall–Kier alpha value is -2.41. The molecule has 0 radical (unpaired) electrons. The SMILES string of the molecule is CCNC(=NCc1ccc(-n2cncn2)cc1)N1CC2C3CCC(O3)C2C1. The van der Waals surface area contributed by atoms with Crippen molar-refractivity contribution < 1.29 is 4.74 Å². The molecule has 0 spiro atoms. The Bertz CT molecular complexity index is 784. The highest BCUT2D eigenvalue weighted by molar-refractivity contribution is 5.80. The standard InChI is InChI=1S/C20H26N6O/c1-2-22-20(25-10-16-17(11-25)19-8-7-18(16)27-19)23-9-14-3-5-15(6-4-14)26-13-21-12-24-26/h3-6,12-13,16-19H,2,7-11H2,1H3,(H,22,23). The molecule has 4 atom stereocenters. The first kappa shape index (κ1) is 16.7. The van der Waals surface area contributed by atoms with Crippen LogP contribution in [0, 0.1) is 11.8 Å². The molecule has 1 aromatic heterocycles. The van der Waals surface area contributed by atoms with Gasteiger partial charge in [-0.05, 0) is 37.5 Å². The fourth-order valence-electron chi connectivity index (χ4n) is 4.82. The van der Waals surface area contributed by atoms with Crippen molar-refractivity contribution in [1.29, 1.82) is 0 Å². The summed E-state index contributed by atoms with van der Waals surface area (Å²) in [6.07, 6.45) is 6.70. The molecule has 4 unspecified atom stereocenters. The van der Waals surface area contributed by atoms with Gasteiger partial charge in [-0.2, -0.15) is 5.10 Å². The molecule has 5 rings (SSSR count). The van der Waals surface area contributed by atoms with Crippen LogP contribution in [0.15, 0.2) is 41.9 Å². The van der Waals surface area contributed by atoms with Gasteiger partial charge in [0.05, 0.1) is 24.4 Å². The van der Waals surface area contributed by atoms with E-state index in [4.69, 9.17) is 9.73 Å². The van der Waals surface area contributed by atoms with E-state index in [0.29, 0.717) is 30.6 Å². The number of nitrogens with zero attached hydrogens (tertiary/aromatic N) is 5. The second-order valence-electron chi connectivity index (χ2n) is 7.70. The predicted octanol–water partition coefficient (Wildman–Crippen LogP) is 1.84. The summed E-state index contributed by atoms with van der Waals surface area (Å²) in [7, 11) is 0. The van der Waals surface area contributed by atoms with Crippen molar-refractivity contribution in [3.05, 3.63) is 42.5 Å². The van der Waals surface area contributed by atoms with Gasteiger partial charge in [-0.3, -0.25) is 0 Å². The second kappa shape index (κ2) is 6.96. The van der Waals surface area contributed by atoms with E-state index >= 15 is 0 Å². The molecule has 1 N–H and O–H groups in total. The topological polar surface area (TPSA) is 67.6 Å². The number of likely N-dealkylation sites (tertiary alicyclic amines) is 1. The lowest BCUT2D eigenvalue weighted by atomic mass is 9.82. The fourth-order valence-corrected chi connectivity index (χ4v) is 4.82. The first-order valence-electron chi connectivity index (χ1n) is 9.94. The van der Waals surface area contributed by atoms with Gasteiger partial charge >= 0.3 is 0 Å². The van der Waals surface area contributed by atoms with Gasteiger partial charge in [-0.15, -0.1) is 0 Å². The minimum Gasteiger partial charge on any atom is -0.374 e. The number of rotatable bonds is 4. The number of hydrogen-bond donors (Lipinski definition) is 1. The number of aromatic nitrogens is 3. The third-order valence-corrected chi connectivity index (χ3v) is 6.12. The maximum Gasteiger partial charge on any atom is 0.194 e. The average Bonchev–Trinajstić information content (AvgIpc) is 3.47. The molecule has 3 saturated heterocycles. The number of guanidine groups is 1. The van der Waals surface area contributed by atoms with E-state index < -0.39 is 0 Å². The van der Waals surface area contributed by atoms with Crippen molar-refractivity contribution in [1.82, 2.24) is 25.0 Å². The summed E-state index contributed by atoms with van der Waals surface area (Å²) < 4.78 is 7.86. The van der Waals surface area contributed by atoms with E-state index in [0.717, 1.165) is 31.3 Å². The van der Waals surface area contributed by atoms with Gasteiger partial charge in [-0.1, -0.05) is 12.1 Å². The van der Waals surface area contributed by atoms with Crippen LogP contribution in [0.4, 0.5) is 0 Å². The maximum atomic E-state index is 6.10. The highest BCUT2D eigenvalue weighted by Gasteiger charge is 2.53. The van der Waals surface area contributed by atoms with Crippen LogP contribution in [-0.4, -0.2) is 57.5 Å². The molecule has 4 heterocycles. The van der Waals surface area contributed by atoms with E-state index in [9.17, 15) is 0 Å². The van der Waals surface area contributed by atoms with Crippen molar-refractivity contribution >= 4 is 5.96 Å². The van der Waals surface area contributed by atoms with Crippen molar-refractivity contribution in [2.75, 3.05) is 19.6 Å². The normalized spacial score (nSPS) is 29.4. The molecule has 3 aliphatic rings. The molecule has 7 heteroatoms. The maximum absolute atomic E-state index is 6.10. The van der Waals surface area contributed by atoms with E-state index in [1.807, 2.05) is 0 Å². The van der Waals surface area contributed by atoms with E-state index in [1.165, 1.54) is 18.4 Å². The van der Waals surface area contributed by atoms with Gasteiger partial charge < -0.3 is 15.0 Å². The average molecular weight is 366 g/mol. The summed E-state index contributed by atoms with van der Waals surface area (Å²) in [5, 5.41) is 7.64. The van der Waals surface area contributed by atoms with Gasteiger partial charge in [0.2, 0.25) is 0 Å². The van der Waals surface area contributed by atoms with Gasteiger partial charge in [0.25, 0.3) is 0 Å². The highest BCUT2D eigenvalue weighted by Crippen LogP contribution is 2.47. The largest absolute Gasteiger partial charge is 0.374 e. The zero-order valence-corrected chi connectivity index (χ0v) is 15.7. The Morgan fingerprint density at radius 2 is 1.93 bits per heavy atom. The molecule has 2 bridgehead atoms. The van der Waals surface area contributed by atoms with Gasteiger partial charge in [-0.25, -0.2) is 14.7 Å². The molecule has 3 fully saturated rings. The molecule has 0 amide bonds. The van der Waals surface area contributed by atoms with Crippen molar-refractivity contribution in [3.63, 3.8) is 0 Å². The van der Waals surface area contributed by atoms with Crippen LogP contribution in [0.5, 0.6) is 0 Å². The summed E-state index contributed by atoms with van der Waals surface area (Å²) >= 11 is 0. The summed E-state index contributed by atoms with van der Waals surface area (Å²) in [6.45, 7) is 5.84. The zero-order valence-electron chi connectivity index (χ0n) is 15.7. The smallest absolute Gasteiger partial charge is 0.194 e. The van der Waals surface area contributed by atoms with Gasteiger partial charge in [0.15, 0.2) is 5.96 Å². The van der Waals surface area contributed by atoms with Crippen LogP contribution in [0.25, 0.3) is 5.69 Å². The first-order chi connectivity index (χ1) is 13.3. The van der Waals surface area contributed by atoms with E-state index in [1.54, 1.807) is 17.3 Å². The van der Waals surface area contributed by atoms with Crippen molar-refractivity contribution in [2.45, 2.75) is 38.5 Å². The molecule has 2 aromatic rings. The van der Waals surface area contributed by atoms with Crippen LogP contribution in [-0.2, 0) is 11.3 Å². The summed E-state index contributed by atoms with van der Waals surface area (Å²) in [4.78, 5) is 11.3. The molecule has 142 valence electrons. The molecule has 0 saturated carbocycles. The minimum absolute atomic E-state index is 0.484. The number of aliphatic imine (C=N–C) groups is 1. The molecule has 27 heavy (non-hydrogen) atoms. The van der Waals surface area contributed by atoms with Gasteiger partial charge in [0, 0.05) is 31.5 Å². The zero-order chi connectivity index (χ0) is 18.2. The van der Waals surface area contributed by atoms with Gasteiger partial charge in [0.1, 0.15) is 12.7 Å². The lowest BCUT2D eigenvalue weighted by Crippen LogP contribution is -2.41. The number of benzene rings is 1. The number of fused-ring (bicyclic) bond motifs is 5. The number of hydrogen-bond acceptors (Lipinski definition) is 4. The third kappa shape index (κ3) is 3.10. The second-order valence-corrected chi connectivity index (χ2v) is 7.70. The molecule has 0 aliphatic carbocycles. The predicted molar refractivity (Wildman–Crippen MR) is 103 cm³/mol. The van der Waals surface area contributed by atoms with E-state index in [-0.39, 0.29) is 0 Å². The molecular weight excluding hydrogens is 340 g/mol. The Labute approximate surface area is 159 Å². The highest BCUT2D eigenvalue weighted by atomic mass is 16.5. The Balaban J connectivity index is 1.27. The lowest BCUT2D eigenvalue weighted by Gasteiger charge is -2.23. The van der Waals surface area contributed by atoms with Crippen molar-refractivity contribution in [2.24, 2.45) is 16.8 Å². The first-order valence-corrected chi connectivity index (χ1v) is 9.94. The van der Waals surface area contributed by atoms with Crippen LogP contribution in [0.3, 0.4) is 0 Å². The Morgan fingerprint density at radius 3 is 2.56 bits per heavy atom. The van der Waals surface area contributed by atoms with Crippen LogP contribution < -0.4 is 5.32 Å². The minimum atomic E-state index is 0.484. The number of nitrogens with one attached hydrogen (secondary N) is 1. The number of ether oxygens (including phenoxy) is 1. The van der Waals surface area contributed by atoms with Crippen LogP contribution in [0.2, 0.25) is 0 Å². The third-order valence-electron chi connectivity index (χ3n) is 6.12. The van der Waals surface area contributed by atoms with E-state index in [2.05, 4.69) is 51.5 Å². The van der Waals surface area contributed by atoms with Crippen LogP contribution in [0.1, 0.15) is 25.3 Å². The molecule has 7 nitrogen and oxygen atoms in total.